The van der Waals surface area contributed by atoms with Crippen LogP contribution in [0.2, 0.25) is 0 Å². The summed E-state index contributed by atoms with van der Waals surface area (Å²) in [6, 6.07) is 7.07. The van der Waals surface area contributed by atoms with Gasteiger partial charge in [0.05, 0.1) is 5.39 Å². The first kappa shape index (κ1) is 11.9. The Morgan fingerprint density at radius 1 is 1.37 bits per heavy atom. The van der Waals surface area contributed by atoms with E-state index in [9.17, 15) is 9.59 Å². The van der Waals surface area contributed by atoms with Crippen LogP contribution in [0.1, 0.15) is 23.3 Å². The Kier molecular flexibility index (Phi) is 2.81. The summed E-state index contributed by atoms with van der Waals surface area (Å²) in [6.07, 6.45) is 2.36. The predicted molar refractivity (Wildman–Crippen MR) is 72.0 cm³/mol. The largest absolute Gasteiger partial charge is 0.350 e. The van der Waals surface area contributed by atoms with Crippen LogP contribution in [-0.2, 0) is 7.05 Å². The Labute approximate surface area is 110 Å². The molecule has 1 heterocycles. The van der Waals surface area contributed by atoms with Crippen molar-refractivity contribution in [2.75, 3.05) is 6.54 Å². The van der Waals surface area contributed by atoms with Gasteiger partial charge < -0.3 is 5.32 Å². The lowest BCUT2D eigenvalue weighted by molar-refractivity contribution is 0.0946. The van der Waals surface area contributed by atoms with E-state index in [1.165, 1.54) is 17.5 Å². The summed E-state index contributed by atoms with van der Waals surface area (Å²) >= 11 is 0. The first-order chi connectivity index (χ1) is 9.16. The number of aryl methyl sites for hydroxylation is 1. The number of nitrogens with one attached hydrogen (secondary N) is 1. The van der Waals surface area contributed by atoms with Crippen LogP contribution in [0, 0.1) is 5.92 Å². The highest BCUT2D eigenvalue weighted by Crippen LogP contribution is 2.27. The molecule has 5 nitrogen and oxygen atoms in total. The summed E-state index contributed by atoms with van der Waals surface area (Å²) in [6.45, 7) is 0.692. The Hall–Kier alpha value is -2.17. The van der Waals surface area contributed by atoms with E-state index < -0.39 is 0 Å². The van der Waals surface area contributed by atoms with Gasteiger partial charge in [-0.05, 0) is 24.8 Å². The molecule has 2 aromatic rings. The second-order valence-electron chi connectivity index (χ2n) is 4.98. The predicted octanol–water partition coefficient (Wildman–Crippen LogP) is 1.07. The molecule has 3 rings (SSSR count). The third kappa shape index (κ3) is 2.23. The van der Waals surface area contributed by atoms with Gasteiger partial charge in [0, 0.05) is 19.0 Å². The van der Waals surface area contributed by atoms with Gasteiger partial charge in [-0.2, -0.15) is 5.10 Å². The molecule has 0 atom stereocenters. The highest BCUT2D eigenvalue weighted by Gasteiger charge is 2.23. The molecule has 19 heavy (non-hydrogen) atoms. The van der Waals surface area contributed by atoms with Crippen LogP contribution in [0.25, 0.3) is 10.8 Å². The molecule has 0 spiro atoms. The summed E-state index contributed by atoms with van der Waals surface area (Å²) in [5, 5.41) is 8.11. The number of amides is 1. The molecule has 1 N–H and O–H groups in total. The highest BCUT2D eigenvalue weighted by molar-refractivity contribution is 6.04. The molecular formula is C14H15N3O2. The highest BCUT2D eigenvalue weighted by atomic mass is 16.2. The average molecular weight is 257 g/mol. The molecule has 0 saturated heterocycles. The van der Waals surface area contributed by atoms with Crippen LogP contribution in [0.15, 0.2) is 29.1 Å². The van der Waals surface area contributed by atoms with E-state index in [2.05, 4.69) is 10.4 Å². The second-order valence-corrected chi connectivity index (χ2v) is 4.98. The SMILES string of the molecule is Cn1nc(C(=O)NCC2CC2)c2ccccc2c1=O. The van der Waals surface area contributed by atoms with Crippen LogP contribution in [-0.4, -0.2) is 22.2 Å². The van der Waals surface area contributed by atoms with Crippen molar-refractivity contribution < 1.29 is 4.79 Å². The molecule has 1 aromatic carbocycles. The molecule has 1 amide bonds. The topological polar surface area (TPSA) is 64.0 Å². The van der Waals surface area contributed by atoms with Gasteiger partial charge in [0.1, 0.15) is 0 Å². The van der Waals surface area contributed by atoms with Gasteiger partial charge in [0.15, 0.2) is 5.69 Å². The number of carbonyl (C=O) groups excluding carboxylic acids is 1. The quantitative estimate of drug-likeness (QED) is 0.894. The number of hydrogen-bond acceptors (Lipinski definition) is 3. The summed E-state index contributed by atoms with van der Waals surface area (Å²) < 4.78 is 1.22. The monoisotopic (exact) mass is 257 g/mol. The standard InChI is InChI=1S/C14H15N3O2/c1-17-14(19)11-5-3-2-4-10(11)12(16-17)13(18)15-8-9-6-7-9/h2-5,9H,6-8H2,1H3,(H,15,18). The summed E-state index contributed by atoms with van der Waals surface area (Å²) in [5.41, 5.74) is 0.132. The molecule has 98 valence electrons. The minimum Gasteiger partial charge on any atom is -0.350 e. The number of nitrogens with zero attached hydrogens (tertiary/aromatic N) is 2. The van der Waals surface area contributed by atoms with Gasteiger partial charge in [-0.15, -0.1) is 0 Å². The minimum atomic E-state index is -0.210. The zero-order valence-corrected chi connectivity index (χ0v) is 10.7. The number of aromatic nitrogens is 2. The molecule has 1 fully saturated rings. The van der Waals surface area contributed by atoms with E-state index in [4.69, 9.17) is 0 Å². The van der Waals surface area contributed by atoms with Crippen LogP contribution < -0.4 is 10.9 Å². The molecule has 0 aliphatic heterocycles. The zero-order valence-electron chi connectivity index (χ0n) is 10.7. The third-order valence-corrected chi connectivity index (χ3v) is 3.42. The van der Waals surface area contributed by atoms with Gasteiger partial charge in [-0.1, -0.05) is 18.2 Å². The van der Waals surface area contributed by atoms with Gasteiger partial charge in [-0.25, -0.2) is 4.68 Å². The number of fused-ring (bicyclic) bond motifs is 1. The lowest BCUT2D eigenvalue weighted by Gasteiger charge is -2.08. The average Bonchev–Trinajstić information content (AvgIpc) is 3.24. The first-order valence-corrected chi connectivity index (χ1v) is 6.41. The second kappa shape index (κ2) is 4.50. The summed E-state index contributed by atoms with van der Waals surface area (Å²) in [5.74, 6) is 0.404. The van der Waals surface area contributed by atoms with Crippen LogP contribution in [0.3, 0.4) is 0 Å². The van der Waals surface area contributed by atoms with Crippen molar-refractivity contribution in [3.05, 3.63) is 40.3 Å². The molecule has 1 aliphatic rings. The van der Waals surface area contributed by atoms with Crippen molar-refractivity contribution in [3.8, 4) is 0 Å². The van der Waals surface area contributed by atoms with E-state index in [1.807, 2.05) is 0 Å². The smallest absolute Gasteiger partial charge is 0.274 e. The number of rotatable bonds is 3. The lowest BCUT2D eigenvalue weighted by Crippen LogP contribution is -2.30. The maximum Gasteiger partial charge on any atom is 0.274 e. The molecule has 1 aromatic heterocycles. The van der Waals surface area contributed by atoms with E-state index in [1.54, 1.807) is 31.3 Å². The molecule has 0 bridgehead atoms. The van der Waals surface area contributed by atoms with Gasteiger partial charge in [0.2, 0.25) is 0 Å². The fraction of sp³-hybridized carbons (Fsp3) is 0.357. The van der Waals surface area contributed by atoms with Crippen molar-refractivity contribution in [2.24, 2.45) is 13.0 Å². The van der Waals surface area contributed by atoms with E-state index in [-0.39, 0.29) is 11.5 Å². The zero-order chi connectivity index (χ0) is 13.4. The van der Waals surface area contributed by atoms with E-state index >= 15 is 0 Å². The van der Waals surface area contributed by atoms with Crippen LogP contribution in [0.4, 0.5) is 0 Å². The Balaban J connectivity index is 2.04. The first-order valence-electron chi connectivity index (χ1n) is 6.41. The van der Waals surface area contributed by atoms with Crippen molar-refractivity contribution in [1.82, 2.24) is 15.1 Å². The maximum atomic E-state index is 12.2. The number of carbonyl (C=O) groups is 1. The molecule has 1 saturated carbocycles. The molecule has 0 unspecified atom stereocenters. The summed E-state index contributed by atoms with van der Waals surface area (Å²) in [7, 11) is 1.56. The van der Waals surface area contributed by atoms with Crippen molar-refractivity contribution in [2.45, 2.75) is 12.8 Å². The molecule has 5 heteroatoms. The van der Waals surface area contributed by atoms with Crippen molar-refractivity contribution in [1.29, 1.82) is 0 Å². The molecule has 1 aliphatic carbocycles. The van der Waals surface area contributed by atoms with Crippen LogP contribution >= 0.6 is 0 Å². The van der Waals surface area contributed by atoms with E-state index in [0.717, 1.165) is 0 Å². The fourth-order valence-electron chi connectivity index (χ4n) is 2.11. The van der Waals surface area contributed by atoms with Crippen LogP contribution in [0.5, 0.6) is 0 Å². The maximum absolute atomic E-state index is 12.2. The van der Waals surface area contributed by atoms with Gasteiger partial charge in [0.25, 0.3) is 11.5 Å². The molecule has 0 radical (unpaired) electrons. The Bertz CT molecular complexity index is 701. The minimum absolute atomic E-state index is 0.186. The molecular weight excluding hydrogens is 242 g/mol. The van der Waals surface area contributed by atoms with Crippen molar-refractivity contribution >= 4 is 16.7 Å². The van der Waals surface area contributed by atoms with Gasteiger partial charge in [-0.3, -0.25) is 9.59 Å². The van der Waals surface area contributed by atoms with Crippen molar-refractivity contribution in [3.63, 3.8) is 0 Å². The Morgan fingerprint density at radius 2 is 2.05 bits per heavy atom. The van der Waals surface area contributed by atoms with E-state index in [0.29, 0.717) is 28.9 Å². The Morgan fingerprint density at radius 3 is 2.74 bits per heavy atom. The lowest BCUT2D eigenvalue weighted by atomic mass is 10.1. The number of benzene rings is 1. The van der Waals surface area contributed by atoms with Gasteiger partial charge >= 0.3 is 0 Å². The third-order valence-electron chi connectivity index (χ3n) is 3.42. The number of hydrogen-bond donors (Lipinski definition) is 1. The summed E-state index contributed by atoms with van der Waals surface area (Å²) in [4.78, 5) is 24.1. The normalized spacial score (nSPS) is 14.6. The fourth-order valence-corrected chi connectivity index (χ4v) is 2.11.